The topological polar surface area (TPSA) is 3.24 Å². The molecule has 0 aromatic carbocycles. The van der Waals surface area contributed by atoms with E-state index < -0.39 is 0 Å². The Kier molecular flexibility index (Phi) is 4.69. The van der Waals surface area contributed by atoms with Crippen LogP contribution in [0.2, 0.25) is 0 Å². The van der Waals surface area contributed by atoms with Gasteiger partial charge in [-0.3, -0.25) is 0 Å². The first-order chi connectivity index (χ1) is 7.79. The Bertz CT molecular complexity index is 196. The van der Waals surface area contributed by atoms with Crippen molar-refractivity contribution in [2.45, 2.75) is 71.3 Å². The van der Waals surface area contributed by atoms with Crippen LogP contribution in [-0.2, 0) is 0 Å². The molecule has 2 atom stereocenters. The predicted molar refractivity (Wildman–Crippen MR) is 70.6 cm³/mol. The lowest BCUT2D eigenvalue weighted by Gasteiger charge is -2.40. The maximum Gasteiger partial charge on any atom is 0.00696 e. The summed E-state index contributed by atoms with van der Waals surface area (Å²) in [7, 11) is 0. The van der Waals surface area contributed by atoms with Crippen LogP contribution in [0.3, 0.4) is 0 Å². The fourth-order valence-corrected chi connectivity index (χ4v) is 3.66. The molecule has 2 aliphatic rings. The molecule has 1 saturated heterocycles. The van der Waals surface area contributed by atoms with E-state index in [1.807, 2.05) is 0 Å². The summed E-state index contributed by atoms with van der Waals surface area (Å²) in [6, 6.07) is 0.848. The molecule has 1 aliphatic heterocycles. The van der Waals surface area contributed by atoms with Crippen LogP contribution in [-0.4, -0.2) is 24.0 Å². The lowest BCUT2D eigenvalue weighted by molar-refractivity contribution is 0.0937. The Labute approximate surface area is 102 Å². The molecule has 1 aliphatic carbocycles. The second kappa shape index (κ2) is 6.05. The molecule has 2 fully saturated rings. The van der Waals surface area contributed by atoms with Gasteiger partial charge in [0.25, 0.3) is 0 Å². The zero-order chi connectivity index (χ0) is 11.4. The molecule has 0 aromatic rings. The second-order valence-corrected chi connectivity index (χ2v) is 6.15. The van der Waals surface area contributed by atoms with E-state index in [1.54, 1.807) is 0 Å². The number of piperidine rings is 1. The second-order valence-electron chi connectivity index (χ2n) is 6.15. The summed E-state index contributed by atoms with van der Waals surface area (Å²) in [5.74, 6) is 2.03. The van der Waals surface area contributed by atoms with Gasteiger partial charge >= 0.3 is 0 Å². The Morgan fingerprint density at radius 2 is 1.75 bits per heavy atom. The van der Waals surface area contributed by atoms with Crippen LogP contribution in [0.25, 0.3) is 0 Å². The van der Waals surface area contributed by atoms with E-state index in [0.717, 1.165) is 17.9 Å². The molecule has 1 heteroatoms. The zero-order valence-corrected chi connectivity index (χ0v) is 11.3. The molecule has 1 nitrogen and oxygen atoms in total. The van der Waals surface area contributed by atoms with Crippen LogP contribution in [0.15, 0.2) is 0 Å². The van der Waals surface area contributed by atoms with Gasteiger partial charge in [0.1, 0.15) is 0 Å². The maximum atomic E-state index is 2.78. The highest BCUT2D eigenvalue weighted by atomic mass is 15.2. The molecule has 1 heterocycles. The molecule has 16 heavy (non-hydrogen) atoms. The summed E-state index contributed by atoms with van der Waals surface area (Å²) in [4.78, 5) is 2.78. The molecule has 2 unspecified atom stereocenters. The van der Waals surface area contributed by atoms with Crippen LogP contribution >= 0.6 is 0 Å². The van der Waals surface area contributed by atoms with E-state index in [1.165, 1.54) is 64.5 Å². The lowest BCUT2D eigenvalue weighted by Crippen LogP contribution is -2.43. The van der Waals surface area contributed by atoms with E-state index in [2.05, 4.69) is 18.7 Å². The van der Waals surface area contributed by atoms with Gasteiger partial charge in [0.2, 0.25) is 0 Å². The molecule has 0 bridgehead atoms. The quantitative estimate of drug-likeness (QED) is 0.697. The average molecular weight is 223 g/mol. The van der Waals surface area contributed by atoms with Gasteiger partial charge in [-0.05, 0) is 51.0 Å². The summed E-state index contributed by atoms with van der Waals surface area (Å²) in [5.41, 5.74) is 0. The maximum absolute atomic E-state index is 2.78. The van der Waals surface area contributed by atoms with Gasteiger partial charge in [-0.2, -0.15) is 0 Å². The van der Waals surface area contributed by atoms with Gasteiger partial charge in [-0.1, -0.05) is 32.6 Å². The first kappa shape index (κ1) is 12.4. The first-order valence-electron chi connectivity index (χ1n) is 7.53. The lowest BCUT2D eigenvalue weighted by atomic mass is 9.85. The highest BCUT2D eigenvalue weighted by molar-refractivity contribution is 4.80. The van der Waals surface area contributed by atoms with Gasteiger partial charge in [0.15, 0.2) is 0 Å². The Morgan fingerprint density at radius 1 is 1.00 bits per heavy atom. The van der Waals surface area contributed by atoms with E-state index in [9.17, 15) is 0 Å². The predicted octanol–water partition coefficient (Wildman–Crippen LogP) is 4.08. The highest BCUT2D eigenvalue weighted by Gasteiger charge is 2.26. The summed E-state index contributed by atoms with van der Waals surface area (Å²) in [5, 5.41) is 0. The van der Waals surface area contributed by atoms with Crippen molar-refractivity contribution in [3.8, 4) is 0 Å². The number of nitrogens with zero attached hydrogens (tertiary/aromatic N) is 1. The third-order valence-corrected chi connectivity index (χ3v) is 4.92. The van der Waals surface area contributed by atoms with Crippen molar-refractivity contribution in [2.24, 2.45) is 11.8 Å². The van der Waals surface area contributed by atoms with E-state index in [-0.39, 0.29) is 0 Å². The van der Waals surface area contributed by atoms with Crippen molar-refractivity contribution >= 4 is 0 Å². The van der Waals surface area contributed by atoms with Crippen molar-refractivity contribution < 1.29 is 0 Å². The molecular formula is C15H29N. The summed E-state index contributed by atoms with van der Waals surface area (Å²) >= 11 is 0. The van der Waals surface area contributed by atoms with Crippen LogP contribution in [0, 0.1) is 11.8 Å². The summed E-state index contributed by atoms with van der Waals surface area (Å²) in [6.45, 7) is 7.58. The van der Waals surface area contributed by atoms with Crippen LogP contribution < -0.4 is 0 Å². The van der Waals surface area contributed by atoms with Crippen molar-refractivity contribution in [1.82, 2.24) is 4.90 Å². The molecule has 94 valence electrons. The SMILES string of the molecule is CCC1CCN(CC2CCCCC2)C(C)C1. The fraction of sp³-hybridized carbons (Fsp3) is 1.00. The number of likely N-dealkylation sites (tertiary alicyclic amines) is 1. The Hall–Kier alpha value is -0.0400. The molecule has 0 amide bonds. The standard InChI is InChI=1S/C15H29N/c1-3-14-9-10-16(13(2)11-14)12-15-7-5-4-6-8-15/h13-15H,3-12H2,1-2H3. The summed E-state index contributed by atoms with van der Waals surface area (Å²) in [6.07, 6.45) is 11.8. The van der Waals surface area contributed by atoms with Crippen molar-refractivity contribution in [2.75, 3.05) is 13.1 Å². The Morgan fingerprint density at radius 3 is 2.38 bits per heavy atom. The van der Waals surface area contributed by atoms with Crippen molar-refractivity contribution in [1.29, 1.82) is 0 Å². The molecule has 0 spiro atoms. The van der Waals surface area contributed by atoms with E-state index >= 15 is 0 Å². The molecule has 0 radical (unpaired) electrons. The van der Waals surface area contributed by atoms with Gasteiger partial charge in [0.05, 0.1) is 0 Å². The van der Waals surface area contributed by atoms with Gasteiger partial charge < -0.3 is 4.90 Å². The normalized spacial score (nSPS) is 34.1. The highest BCUT2D eigenvalue weighted by Crippen LogP contribution is 2.29. The van der Waals surface area contributed by atoms with E-state index in [0.29, 0.717) is 0 Å². The smallest absolute Gasteiger partial charge is 0.00696 e. The minimum Gasteiger partial charge on any atom is -0.300 e. The van der Waals surface area contributed by atoms with Crippen LogP contribution in [0.4, 0.5) is 0 Å². The molecular weight excluding hydrogens is 194 g/mol. The monoisotopic (exact) mass is 223 g/mol. The van der Waals surface area contributed by atoms with Gasteiger partial charge in [-0.25, -0.2) is 0 Å². The fourth-order valence-electron chi connectivity index (χ4n) is 3.66. The number of hydrogen-bond acceptors (Lipinski definition) is 1. The molecule has 0 N–H and O–H groups in total. The number of hydrogen-bond donors (Lipinski definition) is 0. The minimum atomic E-state index is 0.848. The molecule has 2 rings (SSSR count). The third kappa shape index (κ3) is 3.23. The first-order valence-corrected chi connectivity index (χ1v) is 7.53. The average Bonchev–Trinajstić information content (AvgIpc) is 2.33. The summed E-state index contributed by atoms with van der Waals surface area (Å²) < 4.78 is 0. The van der Waals surface area contributed by atoms with Gasteiger partial charge in [0, 0.05) is 12.6 Å². The largest absolute Gasteiger partial charge is 0.300 e. The minimum absolute atomic E-state index is 0.848. The van der Waals surface area contributed by atoms with E-state index in [4.69, 9.17) is 0 Å². The third-order valence-electron chi connectivity index (χ3n) is 4.92. The zero-order valence-electron chi connectivity index (χ0n) is 11.3. The Balaban J connectivity index is 1.76. The molecule has 1 saturated carbocycles. The van der Waals surface area contributed by atoms with Crippen LogP contribution in [0.5, 0.6) is 0 Å². The van der Waals surface area contributed by atoms with Crippen molar-refractivity contribution in [3.63, 3.8) is 0 Å². The molecule has 0 aromatic heterocycles. The van der Waals surface area contributed by atoms with Gasteiger partial charge in [-0.15, -0.1) is 0 Å². The number of rotatable bonds is 3. The van der Waals surface area contributed by atoms with Crippen molar-refractivity contribution in [3.05, 3.63) is 0 Å². The van der Waals surface area contributed by atoms with Crippen LogP contribution in [0.1, 0.15) is 65.2 Å².